The van der Waals surface area contributed by atoms with Gasteiger partial charge in [-0.1, -0.05) is 11.6 Å². The summed E-state index contributed by atoms with van der Waals surface area (Å²) in [5, 5.41) is 19.2. The van der Waals surface area contributed by atoms with Crippen molar-refractivity contribution in [1.82, 2.24) is 0 Å². The molecule has 0 unspecified atom stereocenters. The van der Waals surface area contributed by atoms with Crippen molar-refractivity contribution < 1.29 is 21.9 Å². The average molecular weight is 427 g/mol. The van der Waals surface area contributed by atoms with Gasteiger partial charge in [-0.15, -0.1) is 5.11 Å². The summed E-state index contributed by atoms with van der Waals surface area (Å²) in [6.45, 7) is 4.65. The van der Waals surface area contributed by atoms with E-state index in [1.165, 1.54) is 18.2 Å². The number of hydrogen-bond donors (Lipinski definition) is 1. The summed E-state index contributed by atoms with van der Waals surface area (Å²) in [6.07, 6.45) is 0. The number of nitrogens with two attached hydrogens (primary N) is 1. The van der Waals surface area contributed by atoms with E-state index in [0.717, 1.165) is 25.3 Å². The molecule has 0 amide bonds. The number of nitrogens with zero attached hydrogens (tertiary/aromatic N) is 5. The van der Waals surface area contributed by atoms with Crippen LogP contribution in [0.15, 0.2) is 52.7 Å². The molecule has 2 aromatic carbocycles. The van der Waals surface area contributed by atoms with Crippen LogP contribution in [0.1, 0.15) is 6.92 Å². The van der Waals surface area contributed by atoms with Gasteiger partial charge in [-0.05, 0) is 37.3 Å². The van der Waals surface area contributed by atoms with E-state index >= 15 is 0 Å². The van der Waals surface area contributed by atoms with Crippen LogP contribution in [0.5, 0.6) is 0 Å². The molecule has 8 nitrogen and oxygen atoms in total. The van der Waals surface area contributed by atoms with Gasteiger partial charge in [0, 0.05) is 24.4 Å². The zero-order valence-corrected chi connectivity index (χ0v) is 17.6. The van der Waals surface area contributed by atoms with Crippen molar-refractivity contribution in [2.45, 2.75) is 6.92 Å². The molecule has 0 aliphatic rings. The van der Waals surface area contributed by atoms with Crippen LogP contribution in [-0.2, 0) is 0 Å². The zero-order valence-electron chi connectivity index (χ0n) is 16.0. The van der Waals surface area contributed by atoms with E-state index in [0.29, 0.717) is 16.0 Å². The second-order valence-electron chi connectivity index (χ2n) is 6.69. The lowest BCUT2D eigenvalue weighted by molar-refractivity contribution is -0.900. The van der Waals surface area contributed by atoms with Crippen molar-refractivity contribution in [3.8, 4) is 0 Å². The van der Waals surface area contributed by atoms with Gasteiger partial charge in [0.25, 0.3) is 5.69 Å². The number of rotatable bonds is 8. The van der Waals surface area contributed by atoms with Crippen molar-refractivity contribution in [2.24, 2.45) is 16.1 Å². The minimum absolute atomic E-state index is 0. The van der Waals surface area contributed by atoms with Gasteiger partial charge in [-0.25, -0.2) is 0 Å². The number of nitro groups is 1. The van der Waals surface area contributed by atoms with Crippen molar-refractivity contribution in [2.75, 3.05) is 38.6 Å². The quantitative estimate of drug-likeness (QED) is 0.227. The fourth-order valence-corrected chi connectivity index (χ4v) is 2.59. The number of likely N-dealkylation sites (N-methyl/N-ethyl adjacent to an activating group) is 2. The molecule has 28 heavy (non-hydrogen) atoms. The molecule has 2 N–H and O–H groups in total. The third-order valence-corrected chi connectivity index (χ3v) is 4.26. The second-order valence-corrected chi connectivity index (χ2v) is 7.10. The fraction of sp³-hybridized carbons (Fsp3) is 0.333. The first-order valence-electron chi connectivity index (χ1n) is 8.52. The molecule has 0 atom stereocenters. The monoisotopic (exact) mass is 426 g/mol. The molecule has 2 rings (SSSR count). The van der Waals surface area contributed by atoms with E-state index in [1.807, 2.05) is 38.4 Å². The maximum Gasteiger partial charge on any atom is 0.271 e. The number of benzene rings is 2. The molecule has 0 radical (unpaired) electrons. The summed E-state index contributed by atoms with van der Waals surface area (Å²) >= 11 is 6.02. The van der Waals surface area contributed by atoms with E-state index < -0.39 is 4.92 Å². The topological polar surface area (TPSA) is 97.1 Å². The average Bonchev–Trinajstić information content (AvgIpc) is 2.61. The van der Waals surface area contributed by atoms with Crippen molar-refractivity contribution >= 4 is 34.4 Å². The molecule has 2 aromatic rings. The molecule has 152 valence electrons. The van der Waals surface area contributed by atoms with Gasteiger partial charge in [0.2, 0.25) is 0 Å². The minimum Gasteiger partial charge on any atom is -1.00 e. The number of quaternary nitrogens is 1. The Bertz CT molecular complexity index is 822. The Balaban J connectivity index is 0.00000392. The zero-order chi connectivity index (χ0) is 20.0. The summed E-state index contributed by atoms with van der Waals surface area (Å²) in [7, 11) is 3.92. The summed E-state index contributed by atoms with van der Waals surface area (Å²) in [5.41, 5.74) is 2.05. The smallest absolute Gasteiger partial charge is 0.271 e. The van der Waals surface area contributed by atoms with E-state index in [1.54, 1.807) is 0 Å². The number of nitro benzene ring substituents is 1. The first kappa shape index (κ1) is 23.8. The van der Waals surface area contributed by atoms with Gasteiger partial charge in [0.15, 0.2) is 0 Å². The van der Waals surface area contributed by atoms with Crippen molar-refractivity contribution in [3.05, 3.63) is 57.6 Å². The summed E-state index contributed by atoms with van der Waals surface area (Å²) in [6, 6.07) is 11.8. The number of non-ortho nitro benzene ring substituents is 1. The Morgan fingerprint density at radius 1 is 1.18 bits per heavy atom. The van der Waals surface area contributed by atoms with E-state index in [9.17, 15) is 10.1 Å². The largest absolute Gasteiger partial charge is 1.00 e. The summed E-state index contributed by atoms with van der Waals surface area (Å²) in [4.78, 5) is 12.5. The van der Waals surface area contributed by atoms with E-state index in [-0.39, 0.29) is 23.1 Å². The molecule has 0 spiro atoms. The molecule has 0 saturated carbocycles. The standard InChI is InChI=1S/C18H24ClN6O2.ClH/c1-4-23(11-12-25(2,3)20)15-7-5-14(6-8-15)21-22-18-10-9-16(24(26)27)13-17(18)19;/h5-10,13H,4,11-12,20H2,1-3H3;1H/q+1;/p-1. The predicted octanol–water partition coefficient (Wildman–Crippen LogP) is 1.44. The van der Waals surface area contributed by atoms with Gasteiger partial charge in [0.05, 0.1) is 36.3 Å². The normalized spacial score (nSPS) is 11.3. The van der Waals surface area contributed by atoms with Gasteiger partial charge in [-0.2, -0.15) is 11.0 Å². The molecule has 10 heteroatoms. The van der Waals surface area contributed by atoms with Gasteiger partial charge >= 0.3 is 0 Å². The summed E-state index contributed by atoms with van der Waals surface area (Å²) in [5.74, 6) is 6.01. The van der Waals surface area contributed by atoms with Crippen molar-refractivity contribution in [3.63, 3.8) is 0 Å². The highest BCUT2D eigenvalue weighted by molar-refractivity contribution is 6.33. The van der Waals surface area contributed by atoms with Gasteiger partial charge < -0.3 is 17.3 Å². The third kappa shape index (κ3) is 7.05. The lowest BCUT2D eigenvalue weighted by Gasteiger charge is -2.28. The van der Waals surface area contributed by atoms with E-state index in [4.69, 9.17) is 17.4 Å². The maximum absolute atomic E-state index is 10.7. The molecule has 0 aliphatic heterocycles. The minimum atomic E-state index is -0.504. The number of anilines is 1. The van der Waals surface area contributed by atoms with Gasteiger partial charge in [-0.3, -0.25) is 14.7 Å². The second kappa shape index (κ2) is 10.3. The highest BCUT2D eigenvalue weighted by Crippen LogP contribution is 2.30. The lowest BCUT2D eigenvalue weighted by atomic mass is 10.2. The van der Waals surface area contributed by atoms with Crippen LogP contribution < -0.4 is 23.1 Å². The van der Waals surface area contributed by atoms with Crippen LogP contribution in [0.3, 0.4) is 0 Å². The van der Waals surface area contributed by atoms with E-state index in [2.05, 4.69) is 22.1 Å². The number of halogens is 2. The Hall–Kier alpha value is -2.26. The molecule has 0 bridgehead atoms. The Kier molecular flexibility index (Phi) is 8.77. The SMILES string of the molecule is CCN(CC[N+](C)(C)N)c1ccc(N=Nc2ccc([N+](=O)[O-])cc2Cl)cc1.[Cl-]. The highest BCUT2D eigenvalue weighted by atomic mass is 35.5. The Morgan fingerprint density at radius 2 is 1.82 bits per heavy atom. The van der Waals surface area contributed by atoms with Crippen LogP contribution in [0.4, 0.5) is 22.7 Å². The molecule has 0 fully saturated rings. The van der Waals surface area contributed by atoms with Crippen LogP contribution in [0.2, 0.25) is 5.02 Å². The number of hydrogen-bond acceptors (Lipinski definition) is 6. The molecular formula is C18H24Cl2N6O2. The van der Waals surface area contributed by atoms with Crippen LogP contribution in [-0.4, -0.2) is 43.2 Å². The predicted molar refractivity (Wildman–Crippen MR) is 108 cm³/mol. The molecule has 0 aromatic heterocycles. The molecular weight excluding hydrogens is 403 g/mol. The lowest BCUT2D eigenvalue weighted by Crippen LogP contribution is -3.00. The van der Waals surface area contributed by atoms with Gasteiger partial charge in [0.1, 0.15) is 12.2 Å². The molecule has 0 heterocycles. The summed E-state index contributed by atoms with van der Waals surface area (Å²) < 4.78 is 0.415. The van der Waals surface area contributed by atoms with Crippen LogP contribution in [0.25, 0.3) is 0 Å². The van der Waals surface area contributed by atoms with Crippen molar-refractivity contribution in [1.29, 1.82) is 0 Å². The first-order chi connectivity index (χ1) is 12.7. The first-order valence-corrected chi connectivity index (χ1v) is 8.89. The molecule has 0 saturated heterocycles. The fourth-order valence-electron chi connectivity index (χ4n) is 2.38. The third-order valence-electron chi connectivity index (χ3n) is 3.96. The number of azo groups is 1. The highest BCUT2D eigenvalue weighted by Gasteiger charge is 2.12. The Morgan fingerprint density at radius 3 is 2.32 bits per heavy atom. The van der Waals surface area contributed by atoms with Crippen LogP contribution >= 0.6 is 11.6 Å². The maximum atomic E-state index is 10.7. The Labute approximate surface area is 175 Å². The van der Waals surface area contributed by atoms with Crippen LogP contribution in [0, 0.1) is 10.1 Å². The molecule has 0 aliphatic carbocycles.